The molecule has 0 saturated carbocycles. The van der Waals surface area contributed by atoms with E-state index in [0.717, 1.165) is 22.3 Å². The van der Waals surface area contributed by atoms with E-state index < -0.39 is 0 Å². The second kappa shape index (κ2) is 5.09. The summed E-state index contributed by atoms with van der Waals surface area (Å²) in [6, 6.07) is 10.1. The van der Waals surface area contributed by atoms with Crippen molar-refractivity contribution in [3.63, 3.8) is 0 Å². The molecule has 0 radical (unpaired) electrons. The molecule has 0 fully saturated rings. The summed E-state index contributed by atoms with van der Waals surface area (Å²) in [4.78, 5) is 0. The predicted molar refractivity (Wildman–Crippen MR) is 73.4 cm³/mol. The molecule has 3 heteroatoms. The summed E-state index contributed by atoms with van der Waals surface area (Å²) >= 11 is 6.03. The first kappa shape index (κ1) is 13.1. The fourth-order valence-electron chi connectivity index (χ4n) is 2.12. The molecule has 2 aromatic rings. The lowest BCUT2D eigenvalue weighted by molar-refractivity contribution is 0.626. The summed E-state index contributed by atoms with van der Waals surface area (Å²) in [5, 5.41) is 0.363. The Hall–Kier alpha value is -1.38. The molecule has 0 amide bonds. The third-order valence-electron chi connectivity index (χ3n) is 2.90. The summed E-state index contributed by atoms with van der Waals surface area (Å²) < 4.78 is 13.0. The van der Waals surface area contributed by atoms with Crippen molar-refractivity contribution in [3.8, 4) is 0 Å². The highest BCUT2D eigenvalue weighted by Crippen LogP contribution is 2.28. The van der Waals surface area contributed by atoms with Gasteiger partial charge in [0, 0.05) is 5.02 Å². The van der Waals surface area contributed by atoms with Gasteiger partial charge >= 0.3 is 0 Å². The second-order valence-corrected chi connectivity index (χ2v) is 4.97. The van der Waals surface area contributed by atoms with Gasteiger partial charge in [-0.2, -0.15) is 0 Å². The maximum atomic E-state index is 13.0. The van der Waals surface area contributed by atoms with Crippen molar-refractivity contribution in [1.29, 1.82) is 0 Å². The first-order valence-electron chi connectivity index (χ1n) is 5.76. The van der Waals surface area contributed by atoms with Crippen LogP contribution in [0.25, 0.3) is 0 Å². The first-order chi connectivity index (χ1) is 8.47. The van der Waals surface area contributed by atoms with Crippen LogP contribution in [0.5, 0.6) is 0 Å². The molecule has 0 aliphatic heterocycles. The zero-order valence-corrected chi connectivity index (χ0v) is 11.1. The molecule has 0 spiro atoms. The van der Waals surface area contributed by atoms with Crippen LogP contribution in [0.15, 0.2) is 36.4 Å². The van der Waals surface area contributed by atoms with Crippen LogP contribution in [0.2, 0.25) is 5.02 Å². The van der Waals surface area contributed by atoms with E-state index in [1.54, 1.807) is 6.07 Å². The van der Waals surface area contributed by atoms with Crippen LogP contribution in [0, 0.1) is 19.7 Å². The Labute approximate surface area is 111 Å². The van der Waals surface area contributed by atoms with E-state index in [4.69, 9.17) is 17.3 Å². The van der Waals surface area contributed by atoms with E-state index in [1.807, 2.05) is 26.0 Å². The summed E-state index contributed by atoms with van der Waals surface area (Å²) in [5.74, 6) is -0.351. The van der Waals surface area contributed by atoms with Crippen molar-refractivity contribution in [2.24, 2.45) is 5.73 Å². The molecule has 1 unspecified atom stereocenters. The Morgan fingerprint density at radius 1 is 1.06 bits per heavy atom. The monoisotopic (exact) mass is 263 g/mol. The van der Waals surface area contributed by atoms with Gasteiger partial charge in [0.1, 0.15) is 5.82 Å². The van der Waals surface area contributed by atoms with Crippen LogP contribution in [0.1, 0.15) is 28.3 Å². The predicted octanol–water partition coefficient (Wildman–Crippen LogP) is 4.14. The van der Waals surface area contributed by atoms with Crippen LogP contribution in [0.4, 0.5) is 4.39 Å². The van der Waals surface area contributed by atoms with E-state index in [1.165, 1.54) is 12.1 Å². The highest BCUT2D eigenvalue weighted by molar-refractivity contribution is 6.31. The van der Waals surface area contributed by atoms with Gasteiger partial charge in [0.2, 0.25) is 0 Å². The molecule has 0 saturated heterocycles. The molecule has 0 bridgehead atoms. The molecule has 18 heavy (non-hydrogen) atoms. The average molecular weight is 264 g/mol. The molecule has 0 aliphatic carbocycles. The second-order valence-electron chi connectivity index (χ2n) is 4.56. The summed E-state index contributed by atoms with van der Waals surface area (Å²) in [6.45, 7) is 4.05. The van der Waals surface area contributed by atoms with E-state index >= 15 is 0 Å². The van der Waals surface area contributed by atoms with Crippen LogP contribution in [-0.2, 0) is 0 Å². The lowest BCUT2D eigenvalue weighted by Crippen LogP contribution is -2.13. The third-order valence-corrected chi connectivity index (χ3v) is 3.23. The smallest absolute Gasteiger partial charge is 0.124 e. The van der Waals surface area contributed by atoms with E-state index in [9.17, 15) is 4.39 Å². The SMILES string of the molecule is Cc1cc(C)cc(C(N)c2ccc(F)cc2Cl)c1. The summed E-state index contributed by atoms with van der Waals surface area (Å²) in [5.41, 5.74) is 10.2. The number of benzene rings is 2. The number of hydrogen-bond acceptors (Lipinski definition) is 1. The largest absolute Gasteiger partial charge is 0.320 e. The molecule has 0 heterocycles. The van der Waals surface area contributed by atoms with Gasteiger partial charge < -0.3 is 5.73 Å². The molecule has 1 atom stereocenters. The van der Waals surface area contributed by atoms with Crippen molar-refractivity contribution in [3.05, 3.63) is 69.5 Å². The molecule has 94 valence electrons. The van der Waals surface area contributed by atoms with Crippen molar-refractivity contribution in [1.82, 2.24) is 0 Å². The molecule has 0 aromatic heterocycles. The Balaban J connectivity index is 2.44. The molecular weight excluding hydrogens is 249 g/mol. The zero-order valence-electron chi connectivity index (χ0n) is 10.4. The Morgan fingerprint density at radius 2 is 1.67 bits per heavy atom. The Kier molecular flexibility index (Phi) is 3.69. The Bertz CT molecular complexity index is 560. The summed E-state index contributed by atoms with van der Waals surface area (Å²) in [7, 11) is 0. The van der Waals surface area contributed by atoms with Gasteiger partial charge in [0.25, 0.3) is 0 Å². The average Bonchev–Trinajstić information content (AvgIpc) is 2.26. The lowest BCUT2D eigenvalue weighted by atomic mass is 9.96. The molecule has 2 aromatic carbocycles. The van der Waals surface area contributed by atoms with E-state index in [-0.39, 0.29) is 11.9 Å². The first-order valence-corrected chi connectivity index (χ1v) is 6.14. The van der Waals surface area contributed by atoms with Gasteiger partial charge in [0.05, 0.1) is 6.04 Å². The fraction of sp³-hybridized carbons (Fsp3) is 0.200. The minimum absolute atomic E-state index is 0.336. The zero-order chi connectivity index (χ0) is 13.3. The van der Waals surface area contributed by atoms with Crippen LogP contribution >= 0.6 is 11.6 Å². The van der Waals surface area contributed by atoms with Gasteiger partial charge in [-0.3, -0.25) is 0 Å². The van der Waals surface area contributed by atoms with Crippen molar-refractivity contribution in [2.45, 2.75) is 19.9 Å². The number of nitrogens with two attached hydrogens (primary N) is 1. The number of rotatable bonds is 2. The van der Waals surface area contributed by atoms with Crippen LogP contribution in [0.3, 0.4) is 0 Å². The van der Waals surface area contributed by atoms with Crippen molar-refractivity contribution >= 4 is 11.6 Å². The number of hydrogen-bond donors (Lipinski definition) is 1. The maximum absolute atomic E-state index is 13.0. The van der Waals surface area contributed by atoms with Crippen molar-refractivity contribution in [2.75, 3.05) is 0 Å². The summed E-state index contributed by atoms with van der Waals surface area (Å²) in [6.07, 6.45) is 0. The highest BCUT2D eigenvalue weighted by atomic mass is 35.5. The third kappa shape index (κ3) is 2.71. The van der Waals surface area contributed by atoms with Gasteiger partial charge in [-0.15, -0.1) is 0 Å². The molecule has 2 rings (SSSR count). The quantitative estimate of drug-likeness (QED) is 0.866. The Morgan fingerprint density at radius 3 is 2.22 bits per heavy atom. The van der Waals surface area contributed by atoms with Gasteiger partial charge in [0.15, 0.2) is 0 Å². The minimum Gasteiger partial charge on any atom is -0.320 e. The van der Waals surface area contributed by atoms with E-state index in [2.05, 4.69) is 6.07 Å². The lowest BCUT2D eigenvalue weighted by Gasteiger charge is -2.15. The molecule has 2 N–H and O–H groups in total. The highest BCUT2D eigenvalue weighted by Gasteiger charge is 2.13. The van der Waals surface area contributed by atoms with Gasteiger partial charge in [-0.25, -0.2) is 4.39 Å². The standard InChI is InChI=1S/C15H15ClFN/c1-9-5-10(2)7-11(6-9)15(18)13-4-3-12(17)8-14(13)16/h3-8,15H,18H2,1-2H3. The van der Waals surface area contributed by atoms with Gasteiger partial charge in [-0.1, -0.05) is 47.0 Å². The van der Waals surface area contributed by atoms with Crippen LogP contribution < -0.4 is 5.73 Å². The normalized spacial score (nSPS) is 12.5. The minimum atomic E-state index is -0.351. The fourth-order valence-corrected chi connectivity index (χ4v) is 2.41. The maximum Gasteiger partial charge on any atom is 0.124 e. The molecule has 1 nitrogen and oxygen atoms in total. The number of halogens is 2. The topological polar surface area (TPSA) is 26.0 Å². The van der Waals surface area contributed by atoms with Crippen molar-refractivity contribution < 1.29 is 4.39 Å². The van der Waals surface area contributed by atoms with E-state index in [0.29, 0.717) is 5.02 Å². The molecule has 0 aliphatic rings. The number of aryl methyl sites for hydroxylation is 2. The van der Waals surface area contributed by atoms with Gasteiger partial charge in [-0.05, 0) is 37.1 Å². The van der Waals surface area contributed by atoms with Crippen LogP contribution in [-0.4, -0.2) is 0 Å². The molecular formula is C15H15ClFN.